The fourth-order valence-electron chi connectivity index (χ4n) is 0. The van der Waals surface area contributed by atoms with Gasteiger partial charge in [-0.3, -0.25) is 0 Å². The van der Waals surface area contributed by atoms with E-state index >= 15 is 0 Å². The first kappa shape index (κ1) is 10.6. The molecule has 0 bridgehead atoms. The van der Waals surface area contributed by atoms with E-state index in [1.807, 2.05) is 0 Å². The van der Waals surface area contributed by atoms with Crippen LogP contribution < -0.4 is 5.26 Å². The molecule has 0 spiro atoms. The van der Waals surface area contributed by atoms with Gasteiger partial charge in [-0.25, -0.2) is 0 Å². The van der Waals surface area contributed by atoms with E-state index in [2.05, 4.69) is 4.89 Å². The molecule has 0 atom stereocenters. The third-order valence-electron chi connectivity index (χ3n) is 0.250. The molecule has 7 heavy (non-hydrogen) atoms. The molecular formula is C4H9AgO2. The van der Waals surface area contributed by atoms with E-state index in [9.17, 15) is 5.26 Å². The van der Waals surface area contributed by atoms with Crippen LogP contribution in [0.4, 0.5) is 0 Å². The van der Waals surface area contributed by atoms with Crippen molar-refractivity contribution >= 4 is 0 Å². The van der Waals surface area contributed by atoms with Crippen LogP contribution in [0.3, 0.4) is 0 Å². The first-order chi connectivity index (χ1) is 2.56. The van der Waals surface area contributed by atoms with Gasteiger partial charge in [-0.05, 0) is 20.8 Å². The summed E-state index contributed by atoms with van der Waals surface area (Å²) in [6.45, 7) is 5.12. The van der Waals surface area contributed by atoms with Crippen molar-refractivity contribution in [3.8, 4) is 0 Å². The van der Waals surface area contributed by atoms with E-state index in [1.54, 1.807) is 20.8 Å². The second kappa shape index (κ2) is 3.64. The van der Waals surface area contributed by atoms with E-state index in [-0.39, 0.29) is 22.4 Å². The van der Waals surface area contributed by atoms with Gasteiger partial charge in [0.15, 0.2) is 0 Å². The SMILES string of the molecule is CC(C)(C)O[O-].[Ag+]. The molecule has 0 saturated carbocycles. The van der Waals surface area contributed by atoms with Crippen LogP contribution >= 0.6 is 0 Å². The molecule has 0 aliphatic heterocycles. The van der Waals surface area contributed by atoms with Crippen molar-refractivity contribution in [3.05, 3.63) is 0 Å². The molecule has 0 fully saturated rings. The summed E-state index contributed by atoms with van der Waals surface area (Å²) >= 11 is 0. The zero-order valence-corrected chi connectivity index (χ0v) is 6.10. The fraction of sp³-hybridized carbons (Fsp3) is 1.00. The molecule has 0 aromatic heterocycles. The van der Waals surface area contributed by atoms with Crippen molar-refractivity contribution in [2.75, 3.05) is 0 Å². The number of rotatable bonds is 0. The molecule has 0 saturated heterocycles. The summed E-state index contributed by atoms with van der Waals surface area (Å²) in [4.78, 5) is 3.69. The molecular weight excluding hydrogens is 188 g/mol. The Morgan fingerprint density at radius 3 is 1.43 bits per heavy atom. The first-order valence-electron chi connectivity index (χ1n) is 1.87. The molecule has 2 nitrogen and oxygen atoms in total. The molecule has 0 aliphatic carbocycles. The molecule has 0 aliphatic rings. The third-order valence-corrected chi connectivity index (χ3v) is 0.250. The van der Waals surface area contributed by atoms with Crippen LogP contribution in [0.15, 0.2) is 0 Å². The van der Waals surface area contributed by atoms with Gasteiger partial charge in [0.05, 0.1) is 0 Å². The Hall–Kier alpha value is 0.660. The Bertz CT molecular complexity index is 39.4. The van der Waals surface area contributed by atoms with Crippen LogP contribution in [-0.4, -0.2) is 5.60 Å². The van der Waals surface area contributed by atoms with Gasteiger partial charge < -0.3 is 10.1 Å². The molecule has 0 rings (SSSR count). The normalized spacial score (nSPS) is 10.3. The summed E-state index contributed by atoms with van der Waals surface area (Å²) in [6, 6.07) is 0. The summed E-state index contributed by atoms with van der Waals surface area (Å²) in [7, 11) is 0. The van der Waals surface area contributed by atoms with Gasteiger partial charge in [0.2, 0.25) is 0 Å². The van der Waals surface area contributed by atoms with Gasteiger partial charge >= 0.3 is 22.4 Å². The van der Waals surface area contributed by atoms with E-state index < -0.39 is 5.60 Å². The number of hydrogen-bond donors (Lipinski definition) is 0. The molecule has 0 radical (unpaired) electrons. The van der Waals surface area contributed by atoms with E-state index in [0.29, 0.717) is 0 Å². The molecule has 0 heterocycles. The molecule has 48 valence electrons. The smallest absolute Gasteiger partial charge is 0.723 e. The minimum Gasteiger partial charge on any atom is -0.723 e. The van der Waals surface area contributed by atoms with E-state index in [1.165, 1.54) is 0 Å². The second-order valence-corrected chi connectivity index (χ2v) is 2.20. The summed E-state index contributed by atoms with van der Waals surface area (Å²) in [5.41, 5.74) is -0.514. The molecule has 0 unspecified atom stereocenters. The maximum atomic E-state index is 9.45. The molecule has 0 N–H and O–H groups in total. The van der Waals surface area contributed by atoms with Crippen molar-refractivity contribution in [3.63, 3.8) is 0 Å². The summed E-state index contributed by atoms with van der Waals surface area (Å²) < 4.78 is 0. The monoisotopic (exact) mass is 196 g/mol. The van der Waals surface area contributed by atoms with Gasteiger partial charge in [0.1, 0.15) is 0 Å². The third kappa shape index (κ3) is 10.8. The van der Waals surface area contributed by atoms with Crippen molar-refractivity contribution < 1.29 is 32.5 Å². The number of hydrogen-bond acceptors (Lipinski definition) is 2. The minimum atomic E-state index is -0.514. The molecule has 0 aromatic rings. The van der Waals surface area contributed by atoms with Crippen LogP contribution in [0.1, 0.15) is 20.8 Å². The minimum absolute atomic E-state index is 0. The average molecular weight is 197 g/mol. The maximum absolute atomic E-state index is 9.45. The van der Waals surface area contributed by atoms with Crippen molar-refractivity contribution in [2.24, 2.45) is 0 Å². The average Bonchev–Trinajstić information content (AvgIpc) is 1.35. The first-order valence-corrected chi connectivity index (χ1v) is 1.87. The largest absolute Gasteiger partial charge is 1.00 e. The van der Waals surface area contributed by atoms with Crippen molar-refractivity contribution in [2.45, 2.75) is 26.4 Å². The van der Waals surface area contributed by atoms with Gasteiger partial charge in [0.25, 0.3) is 0 Å². The Balaban J connectivity index is 0. The Kier molecular flexibility index (Phi) is 5.51. The van der Waals surface area contributed by atoms with Crippen LogP contribution in [0.2, 0.25) is 0 Å². The maximum Gasteiger partial charge on any atom is 1.00 e. The van der Waals surface area contributed by atoms with Crippen molar-refractivity contribution in [1.82, 2.24) is 0 Å². The fourth-order valence-corrected chi connectivity index (χ4v) is 0. The molecule has 0 amide bonds. The summed E-state index contributed by atoms with van der Waals surface area (Å²) in [5.74, 6) is 0. The summed E-state index contributed by atoms with van der Waals surface area (Å²) in [5, 5.41) is 9.45. The quantitative estimate of drug-likeness (QED) is 0.312. The van der Waals surface area contributed by atoms with Gasteiger partial charge in [-0.15, -0.1) is 0 Å². The van der Waals surface area contributed by atoms with Gasteiger partial charge in [0, 0.05) is 5.60 Å². The molecule has 3 heteroatoms. The van der Waals surface area contributed by atoms with Crippen LogP contribution in [0, 0.1) is 0 Å². The molecule has 0 aromatic carbocycles. The van der Waals surface area contributed by atoms with Gasteiger partial charge in [-0.2, -0.15) is 0 Å². The predicted molar refractivity (Wildman–Crippen MR) is 20.8 cm³/mol. The van der Waals surface area contributed by atoms with E-state index in [4.69, 9.17) is 0 Å². The zero-order chi connectivity index (χ0) is 5.21. The van der Waals surface area contributed by atoms with Crippen LogP contribution in [-0.2, 0) is 27.3 Å². The Labute approximate surface area is 59.3 Å². The standard InChI is InChI=1S/C4H10O2.Ag/c1-4(2,3)6-5;/h5H,1-3H3;/q;+1/p-1. The second-order valence-electron chi connectivity index (χ2n) is 2.20. The summed E-state index contributed by atoms with van der Waals surface area (Å²) in [6.07, 6.45) is 0. The predicted octanol–water partition coefficient (Wildman–Crippen LogP) is 0.0743. The Morgan fingerprint density at radius 1 is 1.29 bits per heavy atom. The Morgan fingerprint density at radius 2 is 1.43 bits per heavy atom. The van der Waals surface area contributed by atoms with E-state index in [0.717, 1.165) is 0 Å². The van der Waals surface area contributed by atoms with Crippen LogP contribution in [0.25, 0.3) is 0 Å². The van der Waals surface area contributed by atoms with Gasteiger partial charge in [-0.1, -0.05) is 0 Å². The van der Waals surface area contributed by atoms with Crippen molar-refractivity contribution in [1.29, 1.82) is 0 Å². The van der Waals surface area contributed by atoms with Crippen LogP contribution in [0.5, 0.6) is 0 Å². The topological polar surface area (TPSA) is 32.3 Å². The zero-order valence-electron chi connectivity index (χ0n) is 4.62.